The second kappa shape index (κ2) is 4.17. The van der Waals surface area contributed by atoms with Crippen LogP contribution in [0.15, 0.2) is 48.8 Å². The predicted octanol–water partition coefficient (Wildman–Crippen LogP) is 0.510. The minimum absolute atomic E-state index is 0.807. The quantitative estimate of drug-likeness (QED) is 0.678. The summed E-state index contributed by atoms with van der Waals surface area (Å²) in [5.41, 5.74) is 0. The van der Waals surface area contributed by atoms with E-state index in [1.165, 1.54) is 0 Å². The summed E-state index contributed by atoms with van der Waals surface area (Å²) in [4.78, 5) is 8.47. The third kappa shape index (κ3) is 2.38. The van der Waals surface area contributed by atoms with Gasteiger partial charge in [-0.1, -0.05) is 0 Å². The van der Waals surface area contributed by atoms with E-state index in [9.17, 15) is 0 Å². The van der Waals surface area contributed by atoms with Crippen LogP contribution in [-0.4, -0.2) is 9.97 Å². The Morgan fingerprint density at radius 2 is 1.31 bits per heavy atom. The monoisotopic (exact) mass is 212 g/mol. The Balaban J connectivity index is 2.16. The Kier molecular flexibility index (Phi) is 2.70. The van der Waals surface area contributed by atoms with Gasteiger partial charge in [0.25, 0.3) is 0 Å². The Morgan fingerprint density at radius 3 is 1.69 bits per heavy atom. The molecule has 0 spiro atoms. The maximum absolute atomic E-state index is 4.23. The first-order chi connectivity index (χ1) is 6.45. The number of pyridine rings is 2. The van der Waals surface area contributed by atoms with Gasteiger partial charge >= 0.3 is 82.9 Å². The summed E-state index contributed by atoms with van der Waals surface area (Å²) in [7, 11) is 0. The molecule has 0 bridgehead atoms. The molecule has 0 aliphatic rings. The van der Waals surface area contributed by atoms with Crippen LogP contribution in [0, 0.1) is 0 Å². The summed E-state index contributed by atoms with van der Waals surface area (Å²) in [6.07, 6.45) is 3.61. The van der Waals surface area contributed by atoms with Crippen molar-refractivity contribution < 1.29 is 15.0 Å². The van der Waals surface area contributed by atoms with Crippen molar-refractivity contribution in [1.82, 2.24) is 9.97 Å². The molecule has 0 atom stereocenters. The van der Waals surface area contributed by atoms with Gasteiger partial charge in [-0.3, -0.25) is 0 Å². The average Bonchev–Trinajstić information content (AvgIpc) is 2.21. The molecule has 0 aliphatic heterocycles. The predicted molar refractivity (Wildman–Crippen MR) is 47.7 cm³/mol. The van der Waals surface area contributed by atoms with E-state index in [-0.39, 0.29) is 0 Å². The molecule has 3 heteroatoms. The van der Waals surface area contributed by atoms with Crippen LogP contribution in [0.5, 0.6) is 0 Å². The molecule has 2 rings (SSSR count). The fraction of sp³-hybridized carbons (Fsp3) is 0. The van der Waals surface area contributed by atoms with Crippen LogP contribution in [0.2, 0.25) is 0 Å². The fourth-order valence-electron chi connectivity index (χ4n) is 0.873. The fourth-order valence-corrected chi connectivity index (χ4v) is 1.87. The van der Waals surface area contributed by atoms with E-state index < -0.39 is 0 Å². The molecule has 0 fully saturated rings. The van der Waals surface area contributed by atoms with Crippen molar-refractivity contribution in [3.8, 4) is 0 Å². The number of aromatic nitrogens is 2. The van der Waals surface area contributed by atoms with Crippen LogP contribution in [0.1, 0.15) is 0 Å². The van der Waals surface area contributed by atoms with Crippen molar-refractivity contribution in [3.05, 3.63) is 48.8 Å². The van der Waals surface area contributed by atoms with Crippen LogP contribution < -0.4 is 9.18 Å². The van der Waals surface area contributed by atoms with Crippen LogP contribution in [0.25, 0.3) is 0 Å². The van der Waals surface area contributed by atoms with Crippen molar-refractivity contribution in [1.29, 1.82) is 0 Å². The van der Waals surface area contributed by atoms with E-state index in [1.54, 1.807) is 12.4 Å². The summed E-state index contributed by atoms with van der Waals surface area (Å²) in [6.45, 7) is 0. The molecule has 0 saturated carbocycles. The second-order valence-corrected chi connectivity index (χ2v) is 3.78. The van der Waals surface area contributed by atoms with Gasteiger partial charge in [-0.2, -0.15) is 0 Å². The molecule has 0 aliphatic carbocycles. The van der Waals surface area contributed by atoms with Crippen LogP contribution in [-0.2, 0) is 15.0 Å². The Hall–Kier alpha value is -1.18. The molecule has 2 heterocycles. The van der Waals surface area contributed by atoms with Gasteiger partial charge < -0.3 is 0 Å². The molecule has 2 aromatic rings. The molecule has 0 unspecified atom stereocenters. The minimum atomic E-state index is 0.807. The van der Waals surface area contributed by atoms with E-state index in [0.717, 1.165) is 24.1 Å². The van der Waals surface area contributed by atoms with E-state index in [2.05, 4.69) is 9.97 Å². The maximum atomic E-state index is 4.23. The Bertz CT molecular complexity index is 324. The topological polar surface area (TPSA) is 25.8 Å². The third-order valence-electron chi connectivity index (χ3n) is 1.42. The number of rotatable bonds is 2. The SMILES string of the molecule is c1cc[c]([Fe][c]2ccccn2)nc1. The van der Waals surface area contributed by atoms with E-state index in [1.807, 2.05) is 36.4 Å². The summed E-state index contributed by atoms with van der Waals surface area (Å²) >= 11 is 0.807. The van der Waals surface area contributed by atoms with Gasteiger partial charge in [0.2, 0.25) is 0 Å². The second-order valence-electron chi connectivity index (χ2n) is 2.37. The van der Waals surface area contributed by atoms with Crippen LogP contribution in [0.4, 0.5) is 0 Å². The number of hydrogen-bond acceptors (Lipinski definition) is 2. The average molecular weight is 212 g/mol. The summed E-state index contributed by atoms with van der Waals surface area (Å²) in [5.74, 6) is 0. The first-order valence-electron chi connectivity index (χ1n) is 3.89. The molecule has 0 N–H and O–H groups in total. The van der Waals surface area contributed by atoms with Crippen molar-refractivity contribution in [2.24, 2.45) is 0 Å². The van der Waals surface area contributed by atoms with Crippen molar-refractivity contribution in [3.63, 3.8) is 0 Å². The van der Waals surface area contributed by atoms with E-state index in [4.69, 9.17) is 0 Å². The Labute approximate surface area is 83.2 Å². The number of nitrogens with zero attached hydrogens (tertiary/aromatic N) is 2. The van der Waals surface area contributed by atoms with Gasteiger partial charge in [0.05, 0.1) is 0 Å². The van der Waals surface area contributed by atoms with Crippen molar-refractivity contribution >= 4 is 9.18 Å². The van der Waals surface area contributed by atoms with Gasteiger partial charge in [-0.15, -0.1) is 0 Å². The zero-order valence-corrected chi connectivity index (χ0v) is 7.97. The van der Waals surface area contributed by atoms with Gasteiger partial charge in [0.1, 0.15) is 0 Å². The van der Waals surface area contributed by atoms with Gasteiger partial charge in [0.15, 0.2) is 0 Å². The van der Waals surface area contributed by atoms with E-state index >= 15 is 0 Å². The molecule has 2 aromatic heterocycles. The number of hydrogen-bond donors (Lipinski definition) is 0. The molecule has 0 saturated heterocycles. The normalized spacial score (nSPS) is 10.2. The molecule has 13 heavy (non-hydrogen) atoms. The zero-order valence-electron chi connectivity index (χ0n) is 6.87. The first kappa shape index (κ1) is 8.42. The zero-order chi connectivity index (χ0) is 8.93. The molecular weight excluding hydrogens is 204 g/mol. The van der Waals surface area contributed by atoms with E-state index in [0.29, 0.717) is 0 Å². The van der Waals surface area contributed by atoms with Crippen LogP contribution >= 0.6 is 0 Å². The van der Waals surface area contributed by atoms with Crippen molar-refractivity contribution in [2.75, 3.05) is 0 Å². The van der Waals surface area contributed by atoms with Gasteiger partial charge in [-0.05, 0) is 0 Å². The van der Waals surface area contributed by atoms with Gasteiger partial charge in [-0.25, -0.2) is 0 Å². The molecular formula is C10H8FeN2. The standard InChI is InChI=1S/2C5H4N.Fe/c2*1-2-4-6-5-3-1;/h2*1-4H;. The first-order valence-corrected chi connectivity index (χ1v) is 5.00. The summed E-state index contributed by atoms with van der Waals surface area (Å²) in [5, 5.41) is 0. The summed E-state index contributed by atoms with van der Waals surface area (Å²) < 4.78 is 2.11. The Morgan fingerprint density at radius 1 is 0.769 bits per heavy atom. The summed E-state index contributed by atoms with van der Waals surface area (Å²) in [6, 6.07) is 11.8. The van der Waals surface area contributed by atoms with Crippen LogP contribution in [0.3, 0.4) is 0 Å². The molecule has 66 valence electrons. The molecule has 2 nitrogen and oxygen atoms in total. The van der Waals surface area contributed by atoms with Crippen molar-refractivity contribution in [2.45, 2.75) is 0 Å². The molecule has 0 aromatic carbocycles. The molecule has 0 radical (unpaired) electrons. The molecule has 0 amide bonds. The third-order valence-corrected chi connectivity index (χ3v) is 2.64. The van der Waals surface area contributed by atoms with Gasteiger partial charge in [0, 0.05) is 0 Å².